The molecule has 1 aliphatic heterocycles. The monoisotopic (exact) mass is 230 g/mol. The predicted molar refractivity (Wildman–Crippen MR) is 70.5 cm³/mol. The highest BCUT2D eigenvalue weighted by atomic mass is 32.2. The molecule has 1 saturated heterocycles. The predicted octanol–water partition coefficient (Wildman–Crippen LogP) is 2.33. The van der Waals surface area contributed by atoms with Crippen LogP contribution in [0.3, 0.4) is 0 Å². The second-order valence-corrected chi connectivity index (χ2v) is 6.97. The minimum absolute atomic E-state index is 0.248. The van der Waals surface area contributed by atoms with Crippen LogP contribution in [0.5, 0.6) is 0 Å². The van der Waals surface area contributed by atoms with E-state index in [1.165, 1.54) is 31.7 Å². The summed E-state index contributed by atoms with van der Waals surface area (Å²) < 4.78 is 0.392. The minimum Gasteiger partial charge on any atom is -0.329 e. The molecule has 0 radical (unpaired) electrons. The van der Waals surface area contributed by atoms with E-state index >= 15 is 0 Å². The van der Waals surface area contributed by atoms with Crippen molar-refractivity contribution in [2.45, 2.75) is 50.8 Å². The number of nitrogens with zero attached hydrogens (tertiary/aromatic N) is 1. The van der Waals surface area contributed by atoms with Crippen LogP contribution in [-0.4, -0.2) is 40.6 Å². The third-order valence-electron chi connectivity index (χ3n) is 3.79. The van der Waals surface area contributed by atoms with Gasteiger partial charge in [0.25, 0.3) is 0 Å². The summed E-state index contributed by atoms with van der Waals surface area (Å²) in [4.78, 5) is 2.63. The van der Waals surface area contributed by atoms with Gasteiger partial charge in [-0.1, -0.05) is 13.8 Å². The lowest BCUT2D eigenvalue weighted by atomic mass is 9.89. The van der Waals surface area contributed by atoms with E-state index in [-0.39, 0.29) is 5.54 Å². The molecule has 1 aliphatic rings. The summed E-state index contributed by atoms with van der Waals surface area (Å²) in [5, 5.41) is 0. The fraction of sp³-hybridized carbons (Fsp3) is 1.00. The molecule has 0 spiro atoms. The molecule has 1 fully saturated rings. The number of hydrogen-bond acceptors (Lipinski definition) is 3. The quantitative estimate of drug-likeness (QED) is 0.804. The Morgan fingerprint density at radius 2 is 1.93 bits per heavy atom. The van der Waals surface area contributed by atoms with Crippen LogP contribution < -0.4 is 5.73 Å². The molecule has 0 unspecified atom stereocenters. The second-order valence-electron chi connectivity index (χ2n) is 5.17. The van der Waals surface area contributed by atoms with Gasteiger partial charge in [0.2, 0.25) is 0 Å². The van der Waals surface area contributed by atoms with Gasteiger partial charge in [0, 0.05) is 35.7 Å². The van der Waals surface area contributed by atoms with E-state index in [4.69, 9.17) is 5.73 Å². The number of nitrogens with two attached hydrogens (primary N) is 1. The molecular formula is C12H26N2S. The SMILES string of the molecule is CCC(CC)(CN)N1CCSC(C)(C)C1. The zero-order chi connectivity index (χ0) is 11.5. The minimum atomic E-state index is 0.248. The van der Waals surface area contributed by atoms with Crippen molar-refractivity contribution in [3.05, 3.63) is 0 Å². The fourth-order valence-corrected chi connectivity index (χ4v) is 3.65. The highest BCUT2D eigenvalue weighted by molar-refractivity contribution is 8.00. The van der Waals surface area contributed by atoms with Gasteiger partial charge in [-0.25, -0.2) is 0 Å². The highest BCUT2D eigenvalue weighted by Crippen LogP contribution is 2.35. The summed E-state index contributed by atoms with van der Waals surface area (Å²) in [6, 6.07) is 0. The first-order chi connectivity index (χ1) is 6.99. The molecule has 2 nitrogen and oxygen atoms in total. The number of thioether (sulfide) groups is 1. The van der Waals surface area contributed by atoms with Crippen molar-refractivity contribution >= 4 is 11.8 Å². The molecule has 3 heteroatoms. The van der Waals surface area contributed by atoms with E-state index in [1.807, 2.05) is 0 Å². The summed E-state index contributed by atoms with van der Waals surface area (Å²) in [6.45, 7) is 12.4. The van der Waals surface area contributed by atoms with Gasteiger partial charge in [-0.2, -0.15) is 11.8 Å². The van der Waals surface area contributed by atoms with Crippen molar-refractivity contribution in [2.75, 3.05) is 25.4 Å². The first-order valence-electron chi connectivity index (χ1n) is 6.09. The molecule has 0 aromatic rings. The van der Waals surface area contributed by atoms with E-state index in [2.05, 4.69) is 44.4 Å². The van der Waals surface area contributed by atoms with Crippen LogP contribution in [0, 0.1) is 0 Å². The molecule has 0 saturated carbocycles. The Morgan fingerprint density at radius 1 is 1.33 bits per heavy atom. The molecule has 0 bridgehead atoms. The van der Waals surface area contributed by atoms with Crippen molar-refractivity contribution in [3.8, 4) is 0 Å². The smallest absolute Gasteiger partial charge is 0.0327 e. The van der Waals surface area contributed by atoms with E-state index in [0.29, 0.717) is 4.75 Å². The standard InChI is InChI=1S/C12H26N2S/c1-5-12(6-2,9-13)14-7-8-15-11(3,4)10-14/h5-10,13H2,1-4H3. The first-order valence-corrected chi connectivity index (χ1v) is 7.07. The lowest BCUT2D eigenvalue weighted by molar-refractivity contribution is 0.0798. The van der Waals surface area contributed by atoms with Gasteiger partial charge >= 0.3 is 0 Å². The molecule has 0 amide bonds. The molecule has 1 rings (SSSR count). The van der Waals surface area contributed by atoms with Gasteiger partial charge in [0.1, 0.15) is 0 Å². The highest BCUT2D eigenvalue weighted by Gasteiger charge is 2.38. The Bertz CT molecular complexity index is 192. The Hall–Kier alpha value is 0.270. The second kappa shape index (κ2) is 5.07. The van der Waals surface area contributed by atoms with E-state index in [1.54, 1.807) is 0 Å². The van der Waals surface area contributed by atoms with Crippen molar-refractivity contribution in [1.82, 2.24) is 4.90 Å². The van der Waals surface area contributed by atoms with Gasteiger partial charge in [0.15, 0.2) is 0 Å². The Balaban J connectivity index is 2.76. The van der Waals surface area contributed by atoms with Crippen LogP contribution >= 0.6 is 11.8 Å². The largest absolute Gasteiger partial charge is 0.329 e. The molecule has 90 valence electrons. The zero-order valence-electron chi connectivity index (χ0n) is 10.7. The van der Waals surface area contributed by atoms with E-state index in [0.717, 1.165) is 6.54 Å². The van der Waals surface area contributed by atoms with E-state index in [9.17, 15) is 0 Å². The van der Waals surface area contributed by atoms with Crippen LogP contribution in [0.4, 0.5) is 0 Å². The topological polar surface area (TPSA) is 29.3 Å². The van der Waals surface area contributed by atoms with Gasteiger partial charge in [-0.05, 0) is 26.7 Å². The first kappa shape index (κ1) is 13.3. The van der Waals surface area contributed by atoms with Crippen molar-refractivity contribution in [2.24, 2.45) is 5.73 Å². The molecule has 15 heavy (non-hydrogen) atoms. The third-order valence-corrected chi connectivity index (χ3v) is 5.09. The fourth-order valence-electron chi connectivity index (χ4n) is 2.54. The van der Waals surface area contributed by atoms with Gasteiger partial charge in [0.05, 0.1) is 0 Å². The summed E-state index contributed by atoms with van der Waals surface area (Å²) >= 11 is 2.09. The van der Waals surface area contributed by atoms with E-state index < -0.39 is 0 Å². The van der Waals surface area contributed by atoms with Crippen molar-refractivity contribution < 1.29 is 0 Å². The van der Waals surface area contributed by atoms with Crippen molar-refractivity contribution in [1.29, 1.82) is 0 Å². The van der Waals surface area contributed by atoms with Crippen LogP contribution in [0.2, 0.25) is 0 Å². The molecule has 0 aliphatic carbocycles. The average molecular weight is 230 g/mol. The molecular weight excluding hydrogens is 204 g/mol. The van der Waals surface area contributed by atoms with Gasteiger partial charge < -0.3 is 5.73 Å². The van der Waals surface area contributed by atoms with Crippen LogP contribution in [0.15, 0.2) is 0 Å². The molecule has 1 heterocycles. The zero-order valence-corrected chi connectivity index (χ0v) is 11.5. The van der Waals surface area contributed by atoms with Crippen molar-refractivity contribution in [3.63, 3.8) is 0 Å². The molecule has 0 aromatic carbocycles. The summed E-state index contributed by atoms with van der Waals surface area (Å²) in [5.41, 5.74) is 6.25. The summed E-state index contributed by atoms with van der Waals surface area (Å²) in [5.74, 6) is 1.24. The average Bonchev–Trinajstić information content (AvgIpc) is 2.20. The lowest BCUT2D eigenvalue weighted by Crippen LogP contribution is -2.59. The lowest BCUT2D eigenvalue weighted by Gasteiger charge is -2.48. The normalized spacial score (nSPS) is 23.0. The van der Waals surface area contributed by atoms with Gasteiger partial charge in [-0.15, -0.1) is 0 Å². The molecule has 2 N–H and O–H groups in total. The third kappa shape index (κ3) is 2.89. The summed E-state index contributed by atoms with van der Waals surface area (Å²) in [6.07, 6.45) is 2.33. The molecule has 0 atom stereocenters. The van der Waals surface area contributed by atoms with Gasteiger partial charge in [-0.3, -0.25) is 4.90 Å². The number of hydrogen-bond donors (Lipinski definition) is 1. The number of rotatable bonds is 4. The maximum Gasteiger partial charge on any atom is 0.0327 e. The van der Waals surface area contributed by atoms with Crippen LogP contribution in [-0.2, 0) is 0 Å². The Morgan fingerprint density at radius 3 is 2.33 bits per heavy atom. The maximum atomic E-state index is 6.00. The van der Waals surface area contributed by atoms with Crippen LogP contribution in [0.25, 0.3) is 0 Å². The Kier molecular flexibility index (Phi) is 4.50. The van der Waals surface area contributed by atoms with Crippen LogP contribution in [0.1, 0.15) is 40.5 Å². The maximum absolute atomic E-state index is 6.00. The summed E-state index contributed by atoms with van der Waals surface area (Å²) in [7, 11) is 0. The molecule has 0 aromatic heterocycles. The Labute approximate surface area is 99.0 Å².